The molecule has 22 heavy (non-hydrogen) atoms. The summed E-state index contributed by atoms with van der Waals surface area (Å²) in [6.07, 6.45) is 4.02. The number of benzene rings is 1. The Bertz CT molecular complexity index is 512. The lowest BCUT2D eigenvalue weighted by molar-refractivity contribution is -0.384. The van der Waals surface area contributed by atoms with E-state index in [4.69, 9.17) is 0 Å². The van der Waals surface area contributed by atoms with E-state index in [1.165, 1.54) is 0 Å². The Morgan fingerprint density at radius 2 is 1.77 bits per heavy atom. The lowest BCUT2D eigenvalue weighted by Gasteiger charge is -2.42. The normalized spacial score (nSPS) is 24.4. The van der Waals surface area contributed by atoms with Crippen molar-refractivity contribution >= 4 is 11.4 Å². The Hall–Kier alpha value is -1.66. The van der Waals surface area contributed by atoms with Gasteiger partial charge in [0, 0.05) is 43.5 Å². The maximum Gasteiger partial charge on any atom is 0.269 e. The van der Waals surface area contributed by atoms with Gasteiger partial charge in [0.15, 0.2) is 0 Å². The molecule has 1 N–H and O–H groups in total. The lowest BCUT2D eigenvalue weighted by atomic mass is 9.98. The summed E-state index contributed by atoms with van der Waals surface area (Å²) >= 11 is 0. The minimum atomic E-state index is -0.363. The molecule has 0 amide bonds. The Balaban J connectivity index is 1.56. The van der Waals surface area contributed by atoms with Crippen molar-refractivity contribution < 1.29 is 10.0 Å². The van der Waals surface area contributed by atoms with Gasteiger partial charge in [-0.05, 0) is 44.4 Å². The molecule has 2 aliphatic rings. The predicted octanol–water partition coefficient (Wildman–Crippen LogP) is 2.02. The van der Waals surface area contributed by atoms with E-state index in [1.54, 1.807) is 12.1 Å². The van der Waals surface area contributed by atoms with Gasteiger partial charge in [-0.25, -0.2) is 0 Å². The zero-order chi connectivity index (χ0) is 15.5. The average molecular weight is 305 g/mol. The number of nitro benzene ring substituents is 1. The van der Waals surface area contributed by atoms with E-state index in [0.29, 0.717) is 6.04 Å². The summed E-state index contributed by atoms with van der Waals surface area (Å²) in [4.78, 5) is 15.1. The molecule has 2 aliphatic heterocycles. The molecule has 2 saturated heterocycles. The minimum absolute atomic E-state index is 0.140. The molecule has 3 rings (SSSR count). The van der Waals surface area contributed by atoms with Crippen LogP contribution in [0.1, 0.15) is 25.7 Å². The Morgan fingerprint density at radius 1 is 1.09 bits per heavy atom. The third-order valence-electron chi connectivity index (χ3n) is 4.83. The van der Waals surface area contributed by atoms with Crippen molar-refractivity contribution in [3.63, 3.8) is 0 Å². The molecule has 120 valence electrons. The molecule has 0 spiro atoms. The van der Waals surface area contributed by atoms with Crippen LogP contribution >= 0.6 is 0 Å². The maximum atomic E-state index is 10.7. The lowest BCUT2D eigenvalue weighted by Crippen LogP contribution is -2.49. The molecule has 1 atom stereocenters. The van der Waals surface area contributed by atoms with Crippen LogP contribution in [-0.4, -0.2) is 53.3 Å². The third kappa shape index (κ3) is 3.39. The van der Waals surface area contributed by atoms with E-state index in [0.717, 1.165) is 57.5 Å². The number of piperidine rings is 2. The van der Waals surface area contributed by atoms with Gasteiger partial charge in [0.05, 0.1) is 11.0 Å². The molecule has 0 aromatic heterocycles. The van der Waals surface area contributed by atoms with Crippen LogP contribution in [0.25, 0.3) is 0 Å². The first kappa shape index (κ1) is 15.2. The molecule has 0 unspecified atom stereocenters. The number of non-ortho nitro benzene ring substituents is 1. The molecule has 0 aliphatic carbocycles. The number of anilines is 1. The summed E-state index contributed by atoms with van der Waals surface area (Å²) in [6, 6.07) is 7.38. The van der Waals surface area contributed by atoms with Gasteiger partial charge < -0.3 is 10.0 Å². The summed E-state index contributed by atoms with van der Waals surface area (Å²) in [5.74, 6) is 0. The first-order valence-electron chi connectivity index (χ1n) is 8.05. The Morgan fingerprint density at radius 3 is 2.36 bits per heavy atom. The summed E-state index contributed by atoms with van der Waals surface area (Å²) in [7, 11) is 0. The number of hydrogen-bond acceptors (Lipinski definition) is 5. The van der Waals surface area contributed by atoms with Crippen LogP contribution in [0.2, 0.25) is 0 Å². The first-order chi connectivity index (χ1) is 10.6. The summed E-state index contributed by atoms with van der Waals surface area (Å²) in [5.41, 5.74) is 1.20. The highest BCUT2D eigenvalue weighted by Gasteiger charge is 2.28. The summed E-state index contributed by atoms with van der Waals surface area (Å²) in [5, 5.41) is 20.5. The fraction of sp³-hybridized carbons (Fsp3) is 0.625. The molecule has 0 saturated carbocycles. The van der Waals surface area contributed by atoms with Gasteiger partial charge in [0.25, 0.3) is 5.69 Å². The molecule has 6 nitrogen and oxygen atoms in total. The van der Waals surface area contributed by atoms with Gasteiger partial charge in [0.2, 0.25) is 0 Å². The molecule has 6 heteroatoms. The third-order valence-corrected chi connectivity index (χ3v) is 4.83. The monoisotopic (exact) mass is 305 g/mol. The van der Waals surface area contributed by atoms with E-state index in [-0.39, 0.29) is 16.7 Å². The van der Waals surface area contributed by atoms with Crippen molar-refractivity contribution in [1.29, 1.82) is 0 Å². The van der Waals surface area contributed by atoms with Crippen molar-refractivity contribution in [2.75, 3.05) is 31.1 Å². The number of aliphatic hydroxyl groups excluding tert-OH is 1. The smallest absolute Gasteiger partial charge is 0.269 e. The molecular formula is C16H23N3O3. The predicted molar refractivity (Wildman–Crippen MR) is 85.1 cm³/mol. The topological polar surface area (TPSA) is 69.9 Å². The molecule has 0 bridgehead atoms. The van der Waals surface area contributed by atoms with Gasteiger partial charge in [-0.1, -0.05) is 0 Å². The van der Waals surface area contributed by atoms with Gasteiger partial charge in [-0.15, -0.1) is 0 Å². The fourth-order valence-corrected chi connectivity index (χ4v) is 3.59. The van der Waals surface area contributed by atoms with E-state index in [9.17, 15) is 15.2 Å². The first-order valence-corrected chi connectivity index (χ1v) is 8.05. The number of hydrogen-bond donors (Lipinski definition) is 1. The van der Waals surface area contributed by atoms with Crippen LogP contribution in [0.15, 0.2) is 24.3 Å². The molecular weight excluding hydrogens is 282 g/mol. The maximum absolute atomic E-state index is 10.7. The standard InChI is InChI=1S/C16H23N3O3/c20-16-2-1-9-18(12-16)14-7-10-17(11-8-14)13-3-5-15(6-4-13)19(21)22/h3-6,14,16,20H,1-2,7-12H2/t16-/m1/s1. The van der Waals surface area contributed by atoms with Gasteiger partial charge in [-0.2, -0.15) is 0 Å². The zero-order valence-electron chi connectivity index (χ0n) is 12.7. The van der Waals surface area contributed by atoms with Crippen LogP contribution in [0.3, 0.4) is 0 Å². The molecule has 1 aromatic carbocycles. The molecule has 2 fully saturated rings. The second-order valence-electron chi connectivity index (χ2n) is 6.28. The van der Waals surface area contributed by atoms with E-state index >= 15 is 0 Å². The highest BCUT2D eigenvalue weighted by molar-refractivity contribution is 5.51. The largest absolute Gasteiger partial charge is 0.392 e. The Kier molecular flexibility index (Phi) is 4.59. The molecule has 2 heterocycles. The van der Waals surface area contributed by atoms with Crippen molar-refractivity contribution in [2.24, 2.45) is 0 Å². The van der Waals surface area contributed by atoms with Gasteiger partial charge >= 0.3 is 0 Å². The van der Waals surface area contributed by atoms with Crippen molar-refractivity contribution in [3.8, 4) is 0 Å². The molecule has 1 aromatic rings. The zero-order valence-corrected chi connectivity index (χ0v) is 12.7. The minimum Gasteiger partial charge on any atom is -0.392 e. The fourth-order valence-electron chi connectivity index (χ4n) is 3.59. The number of aliphatic hydroxyl groups is 1. The van der Waals surface area contributed by atoms with Gasteiger partial charge in [0.1, 0.15) is 0 Å². The van der Waals surface area contributed by atoms with Crippen molar-refractivity contribution in [2.45, 2.75) is 37.8 Å². The number of likely N-dealkylation sites (tertiary alicyclic amines) is 1. The highest BCUT2D eigenvalue weighted by Crippen LogP contribution is 2.26. The Labute approximate surface area is 130 Å². The number of nitro groups is 1. The number of β-amino-alcohol motifs (C(OH)–C–C–N with tert-alkyl or cyclic N) is 1. The van der Waals surface area contributed by atoms with Crippen LogP contribution in [0.4, 0.5) is 11.4 Å². The van der Waals surface area contributed by atoms with Crippen LogP contribution in [0.5, 0.6) is 0 Å². The van der Waals surface area contributed by atoms with E-state index < -0.39 is 0 Å². The molecule has 0 radical (unpaired) electrons. The average Bonchev–Trinajstić information content (AvgIpc) is 2.55. The second kappa shape index (κ2) is 6.62. The quantitative estimate of drug-likeness (QED) is 0.683. The highest BCUT2D eigenvalue weighted by atomic mass is 16.6. The van der Waals surface area contributed by atoms with E-state index in [2.05, 4.69) is 9.80 Å². The number of nitrogens with zero attached hydrogens (tertiary/aromatic N) is 3. The van der Waals surface area contributed by atoms with Crippen LogP contribution in [0, 0.1) is 10.1 Å². The second-order valence-corrected chi connectivity index (χ2v) is 6.28. The number of rotatable bonds is 3. The summed E-state index contributed by atoms with van der Waals surface area (Å²) < 4.78 is 0. The van der Waals surface area contributed by atoms with Crippen LogP contribution < -0.4 is 4.90 Å². The van der Waals surface area contributed by atoms with Crippen molar-refractivity contribution in [3.05, 3.63) is 34.4 Å². The van der Waals surface area contributed by atoms with Crippen molar-refractivity contribution in [1.82, 2.24) is 4.90 Å². The van der Waals surface area contributed by atoms with Crippen LogP contribution in [-0.2, 0) is 0 Å². The van der Waals surface area contributed by atoms with E-state index in [1.807, 2.05) is 12.1 Å². The van der Waals surface area contributed by atoms with Gasteiger partial charge in [-0.3, -0.25) is 15.0 Å². The SMILES string of the molecule is O=[N+]([O-])c1ccc(N2CCC(N3CCC[C@@H](O)C3)CC2)cc1. The summed E-state index contributed by atoms with van der Waals surface area (Å²) in [6.45, 7) is 3.84.